The maximum absolute atomic E-state index is 13.9. The molecule has 0 aromatic heterocycles. The van der Waals surface area contributed by atoms with Gasteiger partial charge in [0.15, 0.2) is 6.61 Å². The second-order valence-electron chi connectivity index (χ2n) is 7.17. The molecule has 0 spiro atoms. The molecule has 12 heteroatoms. The van der Waals surface area contributed by atoms with Gasteiger partial charge in [-0.2, -0.15) is 13.1 Å². The van der Waals surface area contributed by atoms with E-state index >= 15 is 0 Å². The van der Waals surface area contributed by atoms with Gasteiger partial charge in [-0.05, 0) is 49.2 Å². The summed E-state index contributed by atoms with van der Waals surface area (Å²) in [7, 11) is -4.02. The van der Waals surface area contributed by atoms with Gasteiger partial charge in [-0.1, -0.05) is 12.1 Å². The maximum Gasteiger partial charge on any atom is 0.387 e. The van der Waals surface area contributed by atoms with Crippen molar-refractivity contribution in [3.63, 3.8) is 0 Å². The number of hydrogen-bond donors (Lipinski definition) is 1. The third-order valence-electron chi connectivity index (χ3n) is 4.95. The summed E-state index contributed by atoms with van der Waals surface area (Å²) in [4.78, 5) is 23.8. The van der Waals surface area contributed by atoms with E-state index < -0.39 is 51.7 Å². The van der Waals surface area contributed by atoms with Gasteiger partial charge in [-0.15, -0.1) is 0 Å². The molecule has 3 rings (SSSR count). The minimum atomic E-state index is -4.02. The third kappa shape index (κ3) is 6.45. The summed E-state index contributed by atoms with van der Waals surface area (Å²) < 4.78 is 73.8. The Balaban J connectivity index is 1.45. The molecule has 0 radical (unpaired) electrons. The second kappa shape index (κ2) is 10.7. The van der Waals surface area contributed by atoms with Crippen LogP contribution in [0.4, 0.5) is 18.9 Å². The van der Waals surface area contributed by atoms with Crippen LogP contribution in [-0.2, 0) is 24.3 Å². The van der Waals surface area contributed by atoms with Gasteiger partial charge in [0.2, 0.25) is 10.0 Å². The fourth-order valence-corrected chi connectivity index (χ4v) is 4.83. The van der Waals surface area contributed by atoms with Crippen LogP contribution in [-0.4, -0.2) is 50.9 Å². The van der Waals surface area contributed by atoms with Crippen LogP contribution in [0.25, 0.3) is 0 Å². The summed E-state index contributed by atoms with van der Waals surface area (Å²) in [6, 6.07) is 10.3. The molecule has 1 heterocycles. The van der Waals surface area contributed by atoms with E-state index in [0.29, 0.717) is 5.69 Å². The zero-order valence-corrected chi connectivity index (χ0v) is 18.1. The van der Waals surface area contributed by atoms with E-state index in [1.165, 1.54) is 42.5 Å². The lowest BCUT2D eigenvalue weighted by atomic mass is 9.98. The van der Waals surface area contributed by atoms with Crippen LogP contribution in [0.5, 0.6) is 5.75 Å². The number of nitrogens with one attached hydrogen (secondary N) is 1. The highest BCUT2D eigenvalue weighted by molar-refractivity contribution is 7.89. The number of carbonyl (C=O) groups is 2. The Morgan fingerprint density at radius 1 is 1.06 bits per heavy atom. The number of hydrogen-bond acceptors (Lipinski definition) is 6. The van der Waals surface area contributed by atoms with Crippen molar-refractivity contribution in [3.05, 3.63) is 54.3 Å². The van der Waals surface area contributed by atoms with Crippen molar-refractivity contribution in [2.45, 2.75) is 24.3 Å². The standard InChI is InChI=1S/C21H21F3N2O6S/c22-17-3-1-2-4-18(17)33(29,30)26-11-9-14(10-12-26)20(28)31-13-19(27)25-15-5-7-16(8-6-15)32-21(23)24/h1-8,14,21H,9-13H2,(H,25,27). The molecule has 1 saturated heterocycles. The van der Waals surface area contributed by atoms with Crippen LogP contribution in [0.2, 0.25) is 0 Å². The highest BCUT2D eigenvalue weighted by atomic mass is 32.2. The quantitative estimate of drug-likeness (QED) is 0.576. The Kier molecular flexibility index (Phi) is 7.92. The number of carbonyl (C=O) groups excluding carboxylic acids is 2. The Morgan fingerprint density at radius 2 is 1.70 bits per heavy atom. The number of anilines is 1. The van der Waals surface area contributed by atoms with Gasteiger partial charge in [0.25, 0.3) is 5.91 Å². The molecule has 178 valence electrons. The lowest BCUT2D eigenvalue weighted by molar-refractivity contribution is -0.152. The van der Waals surface area contributed by atoms with Gasteiger partial charge in [0.1, 0.15) is 16.5 Å². The van der Waals surface area contributed by atoms with E-state index in [9.17, 15) is 31.2 Å². The summed E-state index contributed by atoms with van der Waals surface area (Å²) in [5.74, 6) is -2.80. The van der Waals surface area contributed by atoms with Crippen LogP contribution in [0.15, 0.2) is 53.4 Å². The van der Waals surface area contributed by atoms with Gasteiger partial charge < -0.3 is 14.8 Å². The summed E-state index contributed by atoms with van der Waals surface area (Å²) in [5.41, 5.74) is 0.296. The van der Waals surface area contributed by atoms with Gasteiger partial charge in [-0.3, -0.25) is 9.59 Å². The minimum absolute atomic E-state index is 0.00959. The smallest absolute Gasteiger partial charge is 0.387 e. The number of piperidine rings is 1. The number of esters is 1. The molecule has 1 amide bonds. The number of alkyl halides is 2. The van der Waals surface area contributed by atoms with Crippen molar-refractivity contribution in [1.82, 2.24) is 4.31 Å². The van der Waals surface area contributed by atoms with E-state index in [0.717, 1.165) is 10.4 Å². The van der Waals surface area contributed by atoms with Crippen molar-refractivity contribution in [3.8, 4) is 5.75 Å². The Hall–Kier alpha value is -3.12. The van der Waals surface area contributed by atoms with Crippen molar-refractivity contribution in [2.75, 3.05) is 25.0 Å². The highest BCUT2D eigenvalue weighted by Crippen LogP contribution is 2.26. The number of halogens is 3. The highest BCUT2D eigenvalue weighted by Gasteiger charge is 2.34. The number of rotatable bonds is 8. The van der Waals surface area contributed by atoms with Crippen LogP contribution in [0.1, 0.15) is 12.8 Å². The zero-order chi connectivity index (χ0) is 24.0. The monoisotopic (exact) mass is 486 g/mol. The summed E-state index contributed by atoms with van der Waals surface area (Å²) >= 11 is 0. The molecule has 1 aliphatic heterocycles. The van der Waals surface area contributed by atoms with Gasteiger partial charge in [0.05, 0.1) is 5.92 Å². The zero-order valence-electron chi connectivity index (χ0n) is 17.2. The largest absolute Gasteiger partial charge is 0.455 e. The molecule has 2 aromatic rings. The van der Waals surface area contributed by atoms with Crippen LogP contribution in [0, 0.1) is 11.7 Å². The first-order chi connectivity index (χ1) is 15.7. The number of nitrogens with zero attached hydrogens (tertiary/aromatic N) is 1. The number of benzene rings is 2. The van der Waals surface area contributed by atoms with Crippen molar-refractivity contribution < 1.29 is 40.7 Å². The summed E-state index contributed by atoms with van der Waals surface area (Å²) in [6.07, 6.45) is 0.333. The summed E-state index contributed by atoms with van der Waals surface area (Å²) in [6.45, 7) is -3.51. The molecule has 1 aliphatic rings. The minimum Gasteiger partial charge on any atom is -0.455 e. The molecule has 0 atom stereocenters. The predicted octanol–water partition coefficient (Wildman–Crippen LogP) is 3.01. The van der Waals surface area contributed by atoms with Gasteiger partial charge in [-0.25, -0.2) is 12.8 Å². The third-order valence-corrected chi connectivity index (χ3v) is 6.88. The molecular weight excluding hydrogens is 465 g/mol. The summed E-state index contributed by atoms with van der Waals surface area (Å²) in [5, 5.41) is 2.45. The first-order valence-corrected chi connectivity index (χ1v) is 11.4. The molecule has 0 bridgehead atoms. The number of amides is 1. The first-order valence-electron chi connectivity index (χ1n) is 9.93. The SMILES string of the molecule is O=C(COC(=O)C1CCN(S(=O)(=O)c2ccccc2F)CC1)Nc1ccc(OC(F)F)cc1. The fourth-order valence-electron chi connectivity index (χ4n) is 3.30. The molecule has 8 nitrogen and oxygen atoms in total. The Morgan fingerprint density at radius 3 is 2.30 bits per heavy atom. The Labute approximate surface area is 188 Å². The Bertz CT molecular complexity index is 1090. The van der Waals surface area contributed by atoms with E-state index in [2.05, 4.69) is 10.1 Å². The molecule has 0 saturated carbocycles. The lowest BCUT2D eigenvalue weighted by Crippen LogP contribution is -2.41. The maximum atomic E-state index is 13.9. The predicted molar refractivity (Wildman–Crippen MR) is 111 cm³/mol. The van der Waals surface area contributed by atoms with Crippen molar-refractivity contribution >= 4 is 27.6 Å². The normalized spacial score (nSPS) is 15.3. The first kappa shape index (κ1) is 24.5. The average molecular weight is 486 g/mol. The molecule has 33 heavy (non-hydrogen) atoms. The molecule has 2 aromatic carbocycles. The van der Waals surface area contributed by atoms with E-state index in [4.69, 9.17) is 4.74 Å². The molecule has 1 N–H and O–H groups in total. The van der Waals surface area contributed by atoms with E-state index in [1.807, 2.05) is 0 Å². The van der Waals surface area contributed by atoms with Gasteiger partial charge >= 0.3 is 12.6 Å². The molecule has 1 fully saturated rings. The molecular formula is C21H21F3N2O6S. The number of sulfonamides is 1. The molecule has 0 aliphatic carbocycles. The van der Waals surface area contributed by atoms with Crippen LogP contribution < -0.4 is 10.1 Å². The van der Waals surface area contributed by atoms with Crippen molar-refractivity contribution in [2.24, 2.45) is 5.92 Å². The topological polar surface area (TPSA) is 102 Å². The van der Waals surface area contributed by atoms with Crippen molar-refractivity contribution in [1.29, 1.82) is 0 Å². The van der Waals surface area contributed by atoms with Crippen LogP contribution in [0.3, 0.4) is 0 Å². The fraction of sp³-hybridized carbons (Fsp3) is 0.333. The van der Waals surface area contributed by atoms with E-state index in [-0.39, 0.29) is 31.7 Å². The second-order valence-corrected chi connectivity index (χ2v) is 9.07. The number of ether oxygens (including phenoxy) is 2. The molecule has 0 unspecified atom stereocenters. The average Bonchev–Trinajstić information content (AvgIpc) is 2.78. The van der Waals surface area contributed by atoms with Gasteiger partial charge in [0, 0.05) is 18.8 Å². The lowest BCUT2D eigenvalue weighted by Gasteiger charge is -2.30. The van der Waals surface area contributed by atoms with E-state index in [1.54, 1.807) is 0 Å². The van der Waals surface area contributed by atoms with Crippen LogP contribution >= 0.6 is 0 Å².